The summed E-state index contributed by atoms with van der Waals surface area (Å²) in [5.41, 5.74) is 5.49. The molecule has 1 saturated heterocycles. The first-order valence-corrected chi connectivity index (χ1v) is 9.98. The maximum atomic E-state index is 15.7. The van der Waals surface area contributed by atoms with Crippen molar-refractivity contribution >= 4 is 28.2 Å². The van der Waals surface area contributed by atoms with Crippen molar-refractivity contribution in [3.8, 4) is 11.4 Å². The lowest BCUT2D eigenvalue weighted by Gasteiger charge is -2.35. The van der Waals surface area contributed by atoms with Gasteiger partial charge in [0.1, 0.15) is 40.7 Å². The molecule has 2 aliphatic rings. The van der Waals surface area contributed by atoms with Gasteiger partial charge in [-0.1, -0.05) is 0 Å². The van der Waals surface area contributed by atoms with Crippen molar-refractivity contribution < 1.29 is 27.8 Å². The topological polar surface area (TPSA) is 136 Å². The Labute approximate surface area is 183 Å². The number of nitrogens with two attached hydrogens (primary N) is 2. The van der Waals surface area contributed by atoms with Gasteiger partial charge in [0.2, 0.25) is 5.43 Å². The van der Waals surface area contributed by atoms with Gasteiger partial charge in [0, 0.05) is 24.8 Å². The van der Waals surface area contributed by atoms with Crippen molar-refractivity contribution in [3.05, 3.63) is 57.6 Å². The first-order chi connectivity index (χ1) is 15.7. The van der Waals surface area contributed by atoms with Crippen LogP contribution >= 0.6 is 0 Å². The number of nitrogens with one attached hydrogen (secondary N) is 1. The number of carboxylic acids is 1. The highest BCUT2D eigenvalue weighted by molar-refractivity contribution is 6.04. The van der Waals surface area contributed by atoms with Crippen molar-refractivity contribution in [2.24, 2.45) is 11.6 Å². The van der Waals surface area contributed by atoms with Crippen molar-refractivity contribution in [3.63, 3.8) is 0 Å². The molecule has 0 saturated carbocycles. The summed E-state index contributed by atoms with van der Waals surface area (Å²) < 4.78 is 50.9. The summed E-state index contributed by atoms with van der Waals surface area (Å²) in [5.74, 6) is 1.02. The zero-order valence-corrected chi connectivity index (χ0v) is 16.9. The maximum absolute atomic E-state index is 15.7. The number of nitrogens with zero attached hydrogens (tertiary/aromatic N) is 2. The first kappa shape index (κ1) is 21.1. The van der Waals surface area contributed by atoms with Crippen LogP contribution in [0.2, 0.25) is 0 Å². The molecule has 2 atom stereocenters. The number of carboxylic acid groups (broad SMARTS) is 1. The fraction of sp³-hybridized carbons (Fsp3) is 0.238. The number of hydrazine groups is 1. The number of benzene rings is 2. The Bertz CT molecular complexity index is 1390. The number of anilines is 2. The zero-order chi connectivity index (χ0) is 23.6. The molecule has 2 aromatic carbocycles. The number of halogens is 3. The third kappa shape index (κ3) is 3.02. The molecule has 0 aliphatic carbocycles. The molecule has 172 valence electrons. The molecule has 5 rings (SSSR count). The minimum absolute atomic E-state index is 0.0293. The van der Waals surface area contributed by atoms with Crippen LogP contribution < -0.4 is 32.1 Å². The molecule has 3 aromatic rings. The standard InChI is InChI=1S/C21H18F3N5O4/c22-8-1-2-13(12(23)3-8)29-6-11(21(31)32)19(30)14-16(27-26)15(24)18-20(17(14)29)33-7-10-4-9(25)5-28(10)18/h1-3,6,9-10,27H,4-5,7,25-26H2,(H,31,32). The predicted molar refractivity (Wildman–Crippen MR) is 113 cm³/mol. The molecule has 1 fully saturated rings. The van der Waals surface area contributed by atoms with Crippen LogP contribution in [-0.2, 0) is 0 Å². The molecule has 2 unspecified atom stereocenters. The third-order valence-corrected chi connectivity index (χ3v) is 6.01. The summed E-state index contributed by atoms with van der Waals surface area (Å²) in [6, 6.07) is 2.17. The number of hydrogen-bond acceptors (Lipinski definition) is 7. The van der Waals surface area contributed by atoms with Gasteiger partial charge in [0.05, 0.1) is 17.1 Å². The Morgan fingerprint density at radius 3 is 2.70 bits per heavy atom. The molecule has 0 amide bonds. The van der Waals surface area contributed by atoms with E-state index in [2.05, 4.69) is 5.43 Å². The third-order valence-electron chi connectivity index (χ3n) is 6.01. The molecule has 2 aliphatic heterocycles. The lowest BCUT2D eigenvalue weighted by molar-refractivity contribution is 0.0695. The van der Waals surface area contributed by atoms with Crippen LogP contribution in [0, 0.1) is 17.5 Å². The number of aromatic carboxylic acids is 1. The summed E-state index contributed by atoms with van der Waals surface area (Å²) in [6.45, 7) is 0.418. The Kier molecular flexibility index (Phi) is 4.72. The number of nitrogen functional groups attached to an aromatic ring is 1. The number of rotatable bonds is 3. The fourth-order valence-corrected chi connectivity index (χ4v) is 4.62. The molecule has 9 nitrogen and oxygen atoms in total. The van der Waals surface area contributed by atoms with Crippen molar-refractivity contribution in [1.82, 2.24) is 4.57 Å². The number of ether oxygens (including phenoxy) is 1. The smallest absolute Gasteiger partial charge is 0.341 e. The quantitative estimate of drug-likeness (QED) is 0.342. The van der Waals surface area contributed by atoms with Gasteiger partial charge in [-0.2, -0.15) is 0 Å². The van der Waals surface area contributed by atoms with Gasteiger partial charge in [0.15, 0.2) is 11.6 Å². The first-order valence-electron chi connectivity index (χ1n) is 9.98. The van der Waals surface area contributed by atoms with E-state index in [0.29, 0.717) is 19.0 Å². The van der Waals surface area contributed by atoms with Crippen LogP contribution in [0.4, 0.5) is 24.5 Å². The highest BCUT2D eigenvalue weighted by Crippen LogP contribution is 2.47. The molecule has 0 bridgehead atoms. The highest BCUT2D eigenvalue weighted by atomic mass is 19.1. The van der Waals surface area contributed by atoms with E-state index in [1.165, 1.54) is 0 Å². The van der Waals surface area contributed by atoms with Gasteiger partial charge in [-0.3, -0.25) is 10.6 Å². The molecule has 0 spiro atoms. The number of carbonyl (C=O) groups is 1. The predicted octanol–water partition coefficient (Wildman–Crippen LogP) is 1.69. The maximum Gasteiger partial charge on any atom is 0.341 e. The number of hydrogen-bond donors (Lipinski definition) is 4. The molecule has 33 heavy (non-hydrogen) atoms. The van der Waals surface area contributed by atoms with E-state index in [9.17, 15) is 23.5 Å². The molecule has 3 heterocycles. The van der Waals surface area contributed by atoms with Crippen molar-refractivity contribution in [2.75, 3.05) is 23.5 Å². The Hall–Kier alpha value is -3.77. The summed E-state index contributed by atoms with van der Waals surface area (Å²) in [7, 11) is 0. The van der Waals surface area contributed by atoms with E-state index in [1.54, 1.807) is 4.90 Å². The normalized spacial score (nSPS) is 19.2. The second-order valence-corrected chi connectivity index (χ2v) is 7.99. The fourth-order valence-electron chi connectivity index (χ4n) is 4.62. The van der Waals surface area contributed by atoms with E-state index in [0.717, 1.165) is 22.9 Å². The second kappa shape index (κ2) is 7.39. The Morgan fingerprint density at radius 1 is 1.27 bits per heavy atom. The van der Waals surface area contributed by atoms with Crippen LogP contribution in [0.15, 0.2) is 29.2 Å². The van der Waals surface area contributed by atoms with Gasteiger partial charge in [0.25, 0.3) is 0 Å². The monoisotopic (exact) mass is 461 g/mol. The van der Waals surface area contributed by atoms with Gasteiger partial charge < -0.3 is 30.5 Å². The molecule has 12 heteroatoms. The lowest BCUT2D eigenvalue weighted by atomic mass is 10.0. The highest BCUT2D eigenvalue weighted by Gasteiger charge is 2.40. The van der Waals surface area contributed by atoms with Crippen molar-refractivity contribution in [1.29, 1.82) is 0 Å². The second-order valence-electron chi connectivity index (χ2n) is 7.99. The minimum Gasteiger partial charge on any atom is -0.487 e. The van der Waals surface area contributed by atoms with Crippen LogP contribution in [0.25, 0.3) is 16.6 Å². The van der Waals surface area contributed by atoms with Gasteiger partial charge >= 0.3 is 5.97 Å². The van der Waals surface area contributed by atoms with Crippen LogP contribution in [0.3, 0.4) is 0 Å². The number of fused-ring (bicyclic) bond motifs is 5. The zero-order valence-electron chi connectivity index (χ0n) is 16.9. The van der Waals surface area contributed by atoms with Crippen LogP contribution in [-0.4, -0.2) is 40.9 Å². The van der Waals surface area contributed by atoms with Gasteiger partial charge in [-0.25, -0.2) is 18.0 Å². The van der Waals surface area contributed by atoms with E-state index >= 15 is 4.39 Å². The largest absolute Gasteiger partial charge is 0.487 e. The summed E-state index contributed by atoms with van der Waals surface area (Å²) >= 11 is 0. The number of pyridine rings is 1. The average Bonchev–Trinajstić information content (AvgIpc) is 3.14. The minimum atomic E-state index is -1.62. The lowest BCUT2D eigenvalue weighted by Crippen LogP contribution is -2.40. The average molecular weight is 461 g/mol. The molecular weight excluding hydrogens is 443 g/mol. The molecule has 0 radical (unpaired) electrons. The SMILES string of the molecule is NNc1c(F)c2c(c3c1c(=O)c(C(=O)O)cn3-c1ccc(F)cc1F)OCC1CC(N)CN21. The molecule has 1 aromatic heterocycles. The van der Waals surface area contributed by atoms with Gasteiger partial charge in [-0.05, 0) is 18.6 Å². The summed E-state index contributed by atoms with van der Waals surface area (Å²) in [6.07, 6.45) is 1.44. The number of aromatic nitrogens is 1. The molecule has 6 N–H and O–H groups in total. The van der Waals surface area contributed by atoms with Crippen LogP contribution in [0.1, 0.15) is 16.8 Å². The summed E-state index contributed by atoms with van der Waals surface area (Å²) in [5, 5.41) is 9.12. The van der Waals surface area contributed by atoms with Crippen molar-refractivity contribution in [2.45, 2.75) is 18.5 Å². The molecular formula is C21H18F3N5O4. The summed E-state index contributed by atoms with van der Waals surface area (Å²) in [4.78, 5) is 26.6. The van der Waals surface area contributed by atoms with E-state index in [-0.39, 0.29) is 41.3 Å². The van der Waals surface area contributed by atoms with Gasteiger partial charge in [-0.15, -0.1) is 0 Å². The Balaban J connectivity index is 1.98. The van der Waals surface area contributed by atoms with Crippen LogP contribution in [0.5, 0.6) is 5.75 Å². The van der Waals surface area contributed by atoms with E-state index in [4.69, 9.17) is 16.3 Å². The van der Waals surface area contributed by atoms with E-state index in [1.807, 2.05) is 0 Å². The van der Waals surface area contributed by atoms with E-state index < -0.39 is 45.5 Å². The Morgan fingerprint density at radius 2 is 2.03 bits per heavy atom.